The normalized spacial score (nSPS) is 18.8. The fraction of sp³-hybridized carbons (Fsp3) is 0.579. The maximum Gasteiger partial charge on any atom is 0.321 e. The number of nitrogens with one attached hydrogen (secondary N) is 3. The van der Waals surface area contributed by atoms with Gasteiger partial charge in [0.1, 0.15) is 0 Å². The molecule has 1 saturated carbocycles. The molecule has 136 valence electrons. The third-order valence-corrected chi connectivity index (χ3v) is 5.35. The zero-order valence-corrected chi connectivity index (χ0v) is 14.9. The topological polar surface area (TPSA) is 73.5 Å². The maximum atomic E-state index is 12.6. The number of carbonyl (C=O) groups excluding carboxylic acids is 2. The van der Waals surface area contributed by atoms with Gasteiger partial charge in [0.15, 0.2) is 0 Å². The summed E-state index contributed by atoms with van der Waals surface area (Å²) in [5, 5.41) is 8.41. The van der Waals surface area contributed by atoms with Gasteiger partial charge in [-0.25, -0.2) is 9.59 Å². The van der Waals surface area contributed by atoms with Gasteiger partial charge in [-0.05, 0) is 49.8 Å². The number of urea groups is 2. The summed E-state index contributed by atoms with van der Waals surface area (Å²) in [7, 11) is 0. The van der Waals surface area contributed by atoms with Crippen LogP contribution in [0.1, 0.15) is 45.4 Å². The molecular weight excluding hydrogens is 316 g/mol. The summed E-state index contributed by atoms with van der Waals surface area (Å²) in [6.07, 6.45) is 7.55. The van der Waals surface area contributed by atoms with Gasteiger partial charge in [-0.2, -0.15) is 0 Å². The average molecular weight is 344 g/mol. The van der Waals surface area contributed by atoms with E-state index in [2.05, 4.69) is 16.0 Å². The van der Waals surface area contributed by atoms with E-state index in [0.717, 1.165) is 19.5 Å². The minimum Gasteiger partial charge on any atom is -0.338 e. The lowest BCUT2D eigenvalue weighted by atomic mass is 9.73. The van der Waals surface area contributed by atoms with E-state index in [9.17, 15) is 9.59 Å². The number of hydrogen-bond acceptors (Lipinski definition) is 2. The number of carbonyl (C=O) groups is 2. The van der Waals surface area contributed by atoms with Crippen molar-refractivity contribution in [2.24, 2.45) is 5.41 Å². The quantitative estimate of drug-likeness (QED) is 0.775. The summed E-state index contributed by atoms with van der Waals surface area (Å²) < 4.78 is 0. The minimum atomic E-state index is -0.246. The summed E-state index contributed by atoms with van der Waals surface area (Å²) in [5.41, 5.74) is 1.72. The van der Waals surface area contributed by atoms with Crippen LogP contribution in [0, 0.1) is 5.41 Å². The van der Waals surface area contributed by atoms with Gasteiger partial charge in [-0.1, -0.05) is 25.3 Å². The standard InChI is InChI=1S/C19H28N4O2/c1-2-20-17(24)21-15-7-6-8-16(13-15)22-18(25)23-12-11-19(14-23)9-4-3-5-10-19/h6-8,13H,2-5,9-12,14H2,1H3,(H,22,25)(H2,20,21,24). The molecule has 3 N–H and O–H groups in total. The van der Waals surface area contributed by atoms with Crippen molar-refractivity contribution < 1.29 is 9.59 Å². The highest BCUT2D eigenvalue weighted by molar-refractivity contribution is 5.92. The van der Waals surface area contributed by atoms with Crippen LogP contribution in [0.15, 0.2) is 24.3 Å². The second-order valence-corrected chi connectivity index (χ2v) is 7.23. The van der Waals surface area contributed by atoms with Crippen molar-refractivity contribution in [3.8, 4) is 0 Å². The lowest BCUT2D eigenvalue weighted by Gasteiger charge is -2.33. The van der Waals surface area contributed by atoms with Gasteiger partial charge in [-0.15, -0.1) is 0 Å². The van der Waals surface area contributed by atoms with E-state index >= 15 is 0 Å². The highest BCUT2D eigenvalue weighted by atomic mass is 16.2. The van der Waals surface area contributed by atoms with Crippen LogP contribution in [-0.4, -0.2) is 36.6 Å². The molecule has 1 aliphatic heterocycles. The van der Waals surface area contributed by atoms with Crippen molar-refractivity contribution in [2.75, 3.05) is 30.3 Å². The zero-order valence-electron chi connectivity index (χ0n) is 14.9. The second kappa shape index (κ2) is 7.76. The largest absolute Gasteiger partial charge is 0.338 e. The van der Waals surface area contributed by atoms with Crippen molar-refractivity contribution >= 4 is 23.4 Å². The van der Waals surface area contributed by atoms with Crippen molar-refractivity contribution in [1.29, 1.82) is 0 Å². The van der Waals surface area contributed by atoms with E-state index in [1.54, 1.807) is 12.1 Å². The summed E-state index contributed by atoms with van der Waals surface area (Å²) in [6, 6.07) is 6.95. The molecule has 2 aliphatic rings. The molecule has 1 spiro atoms. The summed E-state index contributed by atoms with van der Waals surface area (Å²) in [5.74, 6) is 0. The molecule has 1 heterocycles. The van der Waals surface area contributed by atoms with E-state index in [4.69, 9.17) is 0 Å². The Labute approximate surface area is 149 Å². The molecule has 2 fully saturated rings. The minimum absolute atomic E-state index is 0.0439. The molecule has 0 radical (unpaired) electrons. The van der Waals surface area contributed by atoms with Crippen LogP contribution >= 0.6 is 0 Å². The van der Waals surface area contributed by atoms with Crippen molar-refractivity contribution in [1.82, 2.24) is 10.2 Å². The van der Waals surface area contributed by atoms with E-state index in [-0.39, 0.29) is 12.1 Å². The lowest BCUT2D eigenvalue weighted by Crippen LogP contribution is -2.36. The number of hydrogen-bond donors (Lipinski definition) is 3. The van der Waals surface area contributed by atoms with Gasteiger partial charge in [0.05, 0.1) is 0 Å². The fourth-order valence-corrected chi connectivity index (χ4v) is 4.03. The number of anilines is 2. The van der Waals surface area contributed by atoms with Gasteiger partial charge in [0.25, 0.3) is 0 Å². The molecule has 4 amide bonds. The molecule has 6 nitrogen and oxygen atoms in total. The number of rotatable bonds is 3. The van der Waals surface area contributed by atoms with Crippen molar-refractivity contribution in [2.45, 2.75) is 45.4 Å². The number of likely N-dealkylation sites (tertiary alicyclic amines) is 1. The molecule has 1 aliphatic carbocycles. The number of benzene rings is 1. The van der Waals surface area contributed by atoms with Crippen LogP contribution in [0.5, 0.6) is 0 Å². The SMILES string of the molecule is CCNC(=O)Nc1cccc(NC(=O)N2CCC3(CCCCC3)C2)c1. The number of nitrogens with zero attached hydrogens (tertiary/aromatic N) is 1. The molecule has 1 saturated heterocycles. The first kappa shape index (κ1) is 17.6. The van der Waals surface area contributed by atoms with Crippen LogP contribution in [-0.2, 0) is 0 Å². The molecule has 0 atom stereocenters. The Balaban J connectivity index is 1.57. The molecule has 6 heteroatoms. The Morgan fingerprint density at radius 1 is 1.08 bits per heavy atom. The highest BCUT2D eigenvalue weighted by Crippen LogP contribution is 2.43. The monoisotopic (exact) mass is 344 g/mol. The van der Waals surface area contributed by atoms with E-state index in [0.29, 0.717) is 23.3 Å². The molecule has 3 rings (SSSR count). The van der Waals surface area contributed by atoms with Crippen LogP contribution in [0.3, 0.4) is 0 Å². The van der Waals surface area contributed by atoms with Gasteiger partial charge < -0.3 is 20.9 Å². The summed E-state index contributed by atoms with van der Waals surface area (Å²) in [6.45, 7) is 4.14. The smallest absolute Gasteiger partial charge is 0.321 e. The van der Waals surface area contributed by atoms with Gasteiger partial charge in [0, 0.05) is 31.0 Å². The molecule has 0 aromatic heterocycles. The molecule has 1 aromatic carbocycles. The maximum absolute atomic E-state index is 12.6. The third kappa shape index (κ3) is 4.44. The fourth-order valence-electron chi connectivity index (χ4n) is 4.03. The van der Waals surface area contributed by atoms with Gasteiger partial charge in [-0.3, -0.25) is 0 Å². The first-order chi connectivity index (χ1) is 12.1. The lowest BCUT2D eigenvalue weighted by molar-refractivity contribution is 0.184. The summed E-state index contributed by atoms with van der Waals surface area (Å²) in [4.78, 5) is 26.1. The van der Waals surface area contributed by atoms with Crippen molar-refractivity contribution in [3.63, 3.8) is 0 Å². The van der Waals surface area contributed by atoms with E-state index in [1.807, 2.05) is 24.0 Å². The zero-order chi connectivity index (χ0) is 17.7. The van der Waals surface area contributed by atoms with Crippen LogP contribution in [0.4, 0.5) is 21.0 Å². The predicted octanol–water partition coefficient (Wildman–Crippen LogP) is 4.02. The van der Waals surface area contributed by atoms with Crippen LogP contribution in [0.25, 0.3) is 0 Å². The molecular formula is C19H28N4O2. The Morgan fingerprint density at radius 3 is 2.52 bits per heavy atom. The molecule has 0 bridgehead atoms. The van der Waals surface area contributed by atoms with E-state index in [1.165, 1.54) is 32.1 Å². The molecule has 25 heavy (non-hydrogen) atoms. The Morgan fingerprint density at radius 2 is 1.80 bits per heavy atom. The van der Waals surface area contributed by atoms with Crippen molar-refractivity contribution in [3.05, 3.63) is 24.3 Å². The highest BCUT2D eigenvalue weighted by Gasteiger charge is 2.40. The van der Waals surface area contributed by atoms with Gasteiger partial charge in [0.2, 0.25) is 0 Å². The first-order valence-electron chi connectivity index (χ1n) is 9.31. The third-order valence-electron chi connectivity index (χ3n) is 5.35. The van der Waals surface area contributed by atoms with Crippen LogP contribution < -0.4 is 16.0 Å². The average Bonchev–Trinajstić information content (AvgIpc) is 2.99. The summed E-state index contributed by atoms with van der Waals surface area (Å²) >= 11 is 0. The molecule has 1 aromatic rings. The second-order valence-electron chi connectivity index (χ2n) is 7.23. The first-order valence-corrected chi connectivity index (χ1v) is 9.31. The Hall–Kier alpha value is -2.24. The Bertz CT molecular complexity index is 626. The number of amides is 4. The van der Waals surface area contributed by atoms with Gasteiger partial charge >= 0.3 is 12.1 Å². The van der Waals surface area contributed by atoms with E-state index < -0.39 is 0 Å². The van der Waals surface area contributed by atoms with Crippen LogP contribution in [0.2, 0.25) is 0 Å². The Kier molecular flexibility index (Phi) is 5.46. The molecule has 0 unspecified atom stereocenters. The predicted molar refractivity (Wildman–Crippen MR) is 99.9 cm³/mol.